The molecule has 2 rings (SSSR count). The molecular formula is C15H22F2N2O. The van der Waals surface area contributed by atoms with Crippen LogP contribution < -0.4 is 5.32 Å². The van der Waals surface area contributed by atoms with Crippen molar-refractivity contribution >= 4 is 0 Å². The quantitative estimate of drug-likeness (QED) is 0.892. The minimum atomic E-state index is -2.29. The van der Waals surface area contributed by atoms with Crippen molar-refractivity contribution in [3.05, 3.63) is 29.3 Å². The van der Waals surface area contributed by atoms with Crippen LogP contribution in [0.4, 0.5) is 8.78 Å². The number of benzene rings is 1. The molecule has 1 aliphatic rings. The van der Waals surface area contributed by atoms with E-state index in [1.807, 2.05) is 24.0 Å². The van der Waals surface area contributed by atoms with E-state index in [0.29, 0.717) is 18.8 Å². The van der Waals surface area contributed by atoms with Gasteiger partial charge in [-0.05, 0) is 43.1 Å². The maximum atomic E-state index is 12.6. The van der Waals surface area contributed by atoms with Gasteiger partial charge in [0.2, 0.25) is 0 Å². The minimum Gasteiger partial charge on any atom is -0.508 e. The van der Waals surface area contributed by atoms with E-state index in [0.717, 1.165) is 30.5 Å². The summed E-state index contributed by atoms with van der Waals surface area (Å²) in [7, 11) is 0. The Kier molecular flexibility index (Phi) is 5.31. The summed E-state index contributed by atoms with van der Waals surface area (Å²) >= 11 is 0. The van der Waals surface area contributed by atoms with Crippen LogP contribution in [-0.4, -0.2) is 42.6 Å². The SMILES string of the molecule is CCc1cc(C2CN(CC(F)F)CCCN2)ccc1O. The van der Waals surface area contributed by atoms with E-state index in [-0.39, 0.29) is 12.6 Å². The second kappa shape index (κ2) is 6.99. The van der Waals surface area contributed by atoms with E-state index in [1.54, 1.807) is 6.07 Å². The van der Waals surface area contributed by atoms with Gasteiger partial charge in [0, 0.05) is 12.6 Å². The van der Waals surface area contributed by atoms with E-state index >= 15 is 0 Å². The molecule has 1 saturated heterocycles. The standard InChI is InChI=1S/C15H22F2N2O/c1-2-11-8-12(4-5-14(11)20)13-9-19(10-15(16)17)7-3-6-18-13/h4-5,8,13,15,18,20H,2-3,6-7,9-10H2,1H3. The summed E-state index contributed by atoms with van der Waals surface area (Å²) in [6, 6.07) is 5.58. The molecule has 1 aromatic carbocycles. The van der Waals surface area contributed by atoms with Gasteiger partial charge >= 0.3 is 0 Å². The predicted molar refractivity (Wildman–Crippen MR) is 75.3 cm³/mol. The summed E-state index contributed by atoms with van der Waals surface area (Å²) in [5, 5.41) is 13.1. The summed E-state index contributed by atoms with van der Waals surface area (Å²) in [6.45, 7) is 3.93. The minimum absolute atomic E-state index is 0.0437. The molecule has 0 amide bonds. The zero-order valence-corrected chi connectivity index (χ0v) is 11.8. The average molecular weight is 284 g/mol. The lowest BCUT2D eigenvalue weighted by Crippen LogP contribution is -2.34. The van der Waals surface area contributed by atoms with Crippen molar-refractivity contribution in [3.8, 4) is 5.75 Å². The summed E-state index contributed by atoms with van der Waals surface area (Å²) in [5.74, 6) is 0.300. The normalized spacial score (nSPS) is 21.1. The Hall–Kier alpha value is -1.20. The first-order valence-electron chi connectivity index (χ1n) is 7.15. The highest BCUT2D eigenvalue weighted by Crippen LogP contribution is 2.24. The van der Waals surface area contributed by atoms with Gasteiger partial charge in [-0.2, -0.15) is 0 Å². The second-order valence-electron chi connectivity index (χ2n) is 5.25. The molecule has 1 unspecified atom stereocenters. The number of aryl methyl sites for hydroxylation is 1. The Morgan fingerprint density at radius 1 is 1.45 bits per heavy atom. The van der Waals surface area contributed by atoms with Gasteiger partial charge < -0.3 is 10.4 Å². The smallest absolute Gasteiger partial charge is 0.251 e. The first-order chi connectivity index (χ1) is 9.60. The highest BCUT2D eigenvalue weighted by atomic mass is 19.3. The number of halogens is 2. The van der Waals surface area contributed by atoms with E-state index < -0.39 is 6.43 Å². The maximum absolute atomic E-state index is 12.6. The lowest BCUT2D eigenvalue weighted by atomic mass is 10.0. The molecule has 0 bridgehead atoms. The molecular weight excluding hydrogens is 262 g/mol. The number of phenolic OH excluding ortho intramolecular Hbond substituents is 1. The zero-order valence-electron chi connectivity index (χ0n) is 11.8. The van der Waals surface area contributed by atoms with E-state index in [9.17, 15) is 13.9 Å². The third-order valence-corrected chi connectivity index (χ3v) is 3.77. The van der Waals surface area contributed by atoms with Crippen LogP contribution in [0.15, 0.2) is 18.2 Å². The Balaban J connectivity index is 2.13. The van der Waals surface area contributed by atoms with Crippen molar-refractivity contribution in [1.29, 1.82) is 0 Å². The second-order valence-corrected chi connectivity index (χ2v) is 5.25. The van der Waals surface area contributed by atoms with Gasteiger partial charge in [-0.3, -0.25) is 4.90 Å². The van der Waals surface area contributed by atoms with Crippen molar-refractivity contribution in [2.75, 3.05) is 26.2 Å². The molecule has 0 spiro atoms. The fraction of sp³-hybridized carbons (Fsp3) is 0.600. The van der Waals surface area contributed by atoms with Crippen LogP contribution in [0, 0.1) is 0 Å². The molecule has 1 heterocycles. The molecule has 0 aromatic heterocycles. The van der Waals surface area contributed by atoms with Crippen molar-refractivity contribution < 1.29 is 13.9 Å². The molecule has 5 heteroatoms. The predicted octanol–water partition coefficient (Wildman–Crippen LogP) is 2.56. The summed E-state index contributed by atoms with van der Waals surface area (Å²) in [4.78, 5) is 1.81. The van der Waals surface area contributed by atoms with Crippen molar-refractivity contribution in [3.63, 3.8) is 0 Å². The molecule has 1 aliphatic heterocycles. The number of hydrogen-bond donors (Lipinski definition) is 2. The number of alkyl halides is 2. The Labute approximate surface area is 118 Å². The molecule has 20 heavy (non-hydrogen) atoms. The maximum Gasteiger partial charge on any atom is 0.251 e. The molecule has 1 atom stereocenters. The fourth-order valence-corrected chi connectivity index (χ4v) is 2.68. The number of rotatable bonds is 4. The monoisotopic (exact) mass is 284 g/mol. The van der Waals surface area contributed by atoms with Crippen LogP contribution in [0.1, 0.15) is 30.5 Å². The molecule has 0 aliphatic carbocycles. The Bertz CT molecular complexity index is 440. The Morgan fingerprint density at radius 3 is 2.95 bits per heavy atom. The molecule has 1 fully saturated rings. The van der Waals surface area contributed by atoms with Gasteiger partial charge in [0.25, 0.3) is 6.43 Å². The fourth-order valence-electron chi connectivity index (χ4n) is 2.68. The lowest BCUT2D eigenvalue weighted by Gasteiger charge is -2.24. The summed E-state index contributed by atoms with van der Waals surface area (Å²) in [5.41, 5.74) is 1.95. The van der Waals surface area contributed by atoms with Crippen LogP contribution in [0.2, 0.25) is 0 Å². The van der Waals surface area contributed by atoms with Crippen LogP contribution in [-0.2, 0) is 6.42 Å². The van der Waals surface area contributed by atoms with Gasteiger partial charge in [-0.1, -0.05) is 19.1 Å². The van der Waals surface area contributed by atoms with E-state index in [2.05, 4.69) is 5.32 Å². The number of nitrogens with zero attached hydrogens (tertiary/aromatic N) is 1. The van der Waals surface area contributed by atoms with Crippen molar-refractivity contribution in [1.82, 2.24) is 10.2 Å². The highest BCUT2D eigenvalue weighted by molar-refractivity contribution is 5.37. The van der Waals surface area contributed by atoms with E-state index in [1.165, 1.54) is 0 Å². The van der Waals surface area contributed by atoms with E-state index in [4.69, 9.17) is 0 Å². The van der Waals surface area contributed by atoms with Crippen LogP contribution >= 0.6 is 0 Å². The first-order valence-corrected chi connectivity index (χ1v) is 7.15. The largest absolute Gasteiger partial charge is 0.508 e. The molecule has 2 N–H and O–H groups in total. The molecule has 112 valence electrons. The van der Waals surface area contributed by atoms with Crippen LogP contribution in [0.3, 0.4) is 0 Å². The van der Waals surface area contributed by atoms with Gasteiger partial charge in [0.1, 0.15) is 5.75 Å². The van der Waals surface area contributed by atoms with Crippen LogP contribution in [0.25, 0.3) is 0 Å². The van der Waals surface area contributed by atoms with Gasteiger partial charge in [-0.25, -0.2) is 8.78 Å². The van der Waals surface area contributed by atoms with Crippen molar-refractivity contribution in [2.45, 2.75) is 32.2 Å². The molecule has 1 aromatic rings. The number of nitrogens with one attached hydrogen (secondary N) is 1. The zero-order chi connectivity index (χ0) is 14.5. The topological polar surface area (TPSA) is 35.5 Å². The third kappa shape index (κ3) is 3.90. The van der Waals surface area contributed by atoms with Crippen LogP contribution in [0.5, 0.6) is 5.75 Å². The number of phenols is 1. The lowest BCUT2D eigenvalue weighted by molar-refractivity contribution is 0.0874. The molecule has 0 saturated carbocycles. The van der Waals surface area contributed by atoms with Gasteiger partial charge in [0.05, 0.1) is 6.54 Å². The molecule has 3 nitrogen and oxygen atoms in total. The summed E-state index contributed by atoms with van der Waals surface area (Å²) < 4.78 is 25.1. The number of aromatic hydroxyl groups is 1. The van der Waals surface area contributed by atoms with Gasteiger partial charge in [-0.15, -0.1) is 0 Å². The Morgan fingerprint density at radius 2 is 2.25 bits per heavy atom. The highest BCUT2D eigenvalue weighted by Gasteiger charge is 2.21. The van der Waals surface area contributed by atoms with Crippen molar-refractivity contribution in [2.24, 2.45) is 0 Å². The summed E-state index contributed by atoms with van der Waals surface area (Å²) in [6.07, 6.45) is -0.658. The average Bonchev–Trinajstić information content (AvgIpc) is 2.64. The first kappa shape index (κ1) is 15.2. The number of hydrogen-bond acceptors (Lipinski definition) is 3. The third-order valence-electron chi connectivity index (χ3n) is 3.77. The molecule has 0 radical (unpaired) electrons. The van der Waals surface area contributed by atoms with Gasteiger partial charge in [0.15, 0.2) is 0 Å².